The van der Waals surface area contributed by atoms with Crippen LogP contribution in [0.25, 0.3) is 11.0 Å². The molecule has 0 aliphatic carbocycles. The lowest BCUT2D eigenvalue weighted by molar-refractivity contribution is 0.0564. The number of fused-ring (bicyclic) bond motifs is 3. The predicted octanol–water partition coefficient (Wildman–Crippen LogP) is 3.21. The second-order valence-corrected chi connectivity index (χ2v) is 6.13. The van der Waals surface area contributed by atoms with Gasteiger partial charge in [-0.15, -0.1) is 0 Å². The van der Waals surface area contributed by atoms with E-state index in [0.717, 1.165) is 31.0 Å². The molecule has 1 aliphatic rings. The van der Waals surface area contributed by atoms with Gasteiger partial charge in [-0.2, -0.15) is 0 Å². The third-order valence-electron chi connectivity index (χ3n) is 4.45. The Morgan fingerprint density at radius 3 is 2.91 bits per heavy atom. The number of imidazole rings is 1. The number of aromatic nitrogens is 2. The molecule has 1 aliphatic heterocycles. The van der Waals surface area contributed by atoms with E-state index in [9.17, 15) is 0 Å². The lowest BCUT2D eigenvalue weighted by atomic mass is 10.2. The molecule has 0 saturated heterocycles. The van der Waals surface area contributed by atoms with Crippen LogP contribution in [0.5, 0.6) is 0 Å². The molecule has 0 saturated carbocycles. The van der Waals surface area contributed by atoms with Crippen molar-refractivity contribution in [1.82, 2.24) is 14.9 Å². The van der Waals surface area contributed by atoms with E-state index >= 15 is 0 Å². The van der Waals surface area contributed by atoms with Gasteiger partial charge in [-0.25, -0.2) is 4.98 Å². The smallest absolute Gasteiger partial charge is 0.136 e. The molecule has 0 fully saturated rings. The Kier molecular flexibility index (Phi) is 3.85. The van der Waals surface area contributed by atoms with Crippen LogP contribution in [-0.4, -0.2) is 22.7 Å². The van der Waals surface area contributed by atoms with Crippen molar-refractivity contribution in [2.75, 3.05) is 13.2 Å². The van der Waals surface area contributed by atoms with E-state index in [2.05, 4.69) is 59.3 Å². The van der Waals surface area contributed by atoms with Gasteiger partial charge in [0.2, 0.25) is 0 Å². The summed E-state index contributed by atoms with van der Waals surface area (Å²) in [6, 6.07) is 17.2. The van der Waals surface area contributed by atoms with Crippen molar-refractivity contribution in [3.05, 3.63) is 65.5 Å². The van der Waals surface area contributed by atoms with Gasteiger partial charge in [0.05, 0.1) is 23.7 Å². The number of para-hydroxylation sites is 1. The zero-order chi connectivity index (χ0) is 15.6. The summed E-state index contributed by atoms with van der Waals surface area (Å²) in [7, 11) is 0. The van der Waals surface area contributed by atoms with Crippen molar-refractivity contribution in [2.24, 2.45) is 0 Å². The van der Waals surface area contributed by atoms with Gasteiger partial charge in [-0.05, 0) is 24.1 Å². The molecular weight excluding hydrogens is 286 g/mol. The van der Waals surface area contributed by atoms with Crippen LogP contribution in [-0.2, 0) is 17.9 Å². The maximum absolute atomic E-state index is 5.76. The molecule has 0 bridgehead atoms. The highest BCUT2D eigenvalue weighted by molar-refractivity contribution is 5.79. The minimum Gasteiger partial charge on any atom is -0.371 e. The van der Waals surface area contributed by atoms with E-state index in [0.29, 0.717) is 6.61 Å². The molecule has 4 rings (SSSR count). The van der Waals surface area contributed by atoms with E-state index in [1.165, 1.54) is 16.6 Å². The maximum atomic E-state index is 5.76. The Morgan fingerprint density at radius 1 is 1.17 bits per heavy atom. The molecule has 4 heteroatoms. The first kappa shape index (κ1) is 14.4. The molecule has 3 aromatic rings. The van der Waals surface area contributed by atoms with Crippen LogP contribution in [0, 0.1) is 6.92 Å². The molecule has 0 spiro atoms. The quantitative estimate of drug-likeness (QED) is 0.804. The van der Waals surface area contributed by atoms with Gasteiger partial charge in [0.25, 0.3) is 0 Å². The topological polar surface area (TPSA) is 39.1 Å². The van der Waals surface area contributed by atoms with Crippen molar-refractivity contribution in [1.29, 1.82) is 0 Å². The lowest BCUT2D eigenvalue weighted by Gasteiger charge is -2.26. The predicted molar refractivity (Wildman–Crippen MR) is 91.3 cm³/mol. The van der Waals surface area contributed by atoms with Gasteiger partial charge in [0, 0.05) is 13.1 Å². The highest BCUT2D eigenvalue weighted by Crippen LogP contribution is 2.27. The number of nitrogens with one attached hydrogen (secondary N) is 1. The average molecular weight is 307 g/mol. The Bertz CT molecular complexity index is 810. The SMILES string of the molecule is Cc1cccc2c1nc1n2C(CNCc2ccccc2)COC1. The maximum Gasteiger partial charge on any atom is 0.136 e. The Hall–Kier alpha value is -2.17. The fraction of sp³-hybridized carbons (Fsp3) is 0.316. The summed E-state index contributed by atoms with van der Waals surface area (Å²) in [5.74, 6) is 1.03. The summed E-state index contributed by atoms with van der Waals surface area (Å²) in [4.78, 5) is 4.78. The standard InChI is InChI=1S/C19H21N3O/c1-14-6-5-9-17-19(14)21-18-13-23-12-16(22(17)18)11-20-10-15-7-3-2-4-8-15/h2-9,16,20H,10-13H2,1H3. The van der Waals surface area contributed by atoms with Gasteiger partial charge in [-0.1, -0.05) is 42.5 Å². The summed E-state index contributed by atoms with van der Waals surface area (Å²) >= 11 is 0. The summed E-state index contributed by atoms with van der Waals surface area (Å²) < 4.78 is 8.11. The number of benzene rings is 2. The minimum atomic E-state index is 0.286. The average Bonchev–Trinajstić information content (AvgIpc) is 2.97. The van der Waals surface area contributed by atoms with E-state index in [1.807, 2.05) is 6.07 Å². The fourth-order valence-electron chi connectivity index (χ4n) is 3.30. The van der Waals surface area contributed by atoms with Crippen molar-refractivity contribution in [3.63, 3.8) is 0 Å². The first-order valence-electron chi connectivity index (χ1n) is 8.12. The van der Waals surface area contributed by atoms with Crippen LogP contribution < -0.4 is 5.32 Å². The fourth-order valence-corrected chi connectivity index (χ4v) is 3.30. The van der Waals surface area contributed by atoms with Gasteiger partial charge >= 0.3 is 0 Å². The number of aryl methyl sites for hydroxylation is 1. The molecule has 2 aromatic carbocycles. The molecule has 118 valence electrons. The monoisotopic (exact) mass is 307 g/mol. The van der Waals surface area contributed by atoms with E-state index in [1.54, 1.807) is 0 Å². The number of ether oxygens (including phenoxy) is 1. The van der Waals surface area contributed by atoms with Gasteiger partial charge < -0.3 is 14.6 Å². The molecule has 0 radical (unpaired) electrons. The number of hydrogen-bond donors (Lipinski definition) is 1. The van der Waals surface area contributed by atoms with Crippen LogP contribution in [0.1, 0.15) is 23.0 Å². The molecule has 1 aromatic heterocycles. The van der Waals surface area contributed by atoms with E-state index in [-0.39, 0.29) is 6.04 Å². The number of nitrogens with zero attached hydrogens (tertiary/aromatic N) is 2. The molecular formula is C19H21N3O. The van der Waals surface area contributed by atoms with Crippen LogP contribution in [0.15, 0.2) is 48.5 Å². The number of hydrogen-bond acceptors (Lipinski definition) is 3. The van der Waals surface area contributed by atoms with Crippen LogP contribution >= 0.6 is 0 Å². The number of rotatable bonds is 4. The summed E-state index contributed by atoms with van der Waals surface area (Å²) in [6.07, 6.45) is 0. The lowest BCUT2D eigenvalue weighted by Crippen LogP contribution is -2.32. The van der Waals surface area contributed by atoms with Gasteiger partial charge in [-0.3, -0.25) is 0 Å². The highest BCUT2D eigenvalue weighted by atomic mass is 16.5. The summed E-state index contributed by atoms with van der Waals surface area (Å²) in [5, 5.41) is 3.55. The molecule has 23 heavy (non-hydrogen) atoms. The third-order valence-corrected chi connectivity index (χ3v) is 4.45. The molecule has 2 heterocycles. The van der Waals surface area contributed by atoms with Crippen LogP contribution in [0.4, 0.5) is 0 Å². The zero-order valence-electron chi connectivity index (χ0n) is 13.3. The molecule has 1 N–H and O–H groups in total. The normalized spacial score (nSPS) is 17.3. The van der Waals surface area contributed by atoms with Gasteiger partial charge in [0.15, 0.2) is 0 Å². The first-order valence-corrected chi connectivity index (χ1v) is 8.12. The molecule has 4 nitrogen and oxygen atoms in total. The highest BCUT2D eigenvalue weighted by Gasteiger charge is 2.24. The van der Waals surface area contributed by atoms with E-state index < -0.39 is 0 Å². The first-order chi connectivity index (χ1) is 11.3. The Labute approximate surface area is 136 Å². The van der Waals surface area contributed by atoms with Crippen molar-refractivity contribution < 1.29 is 4.74 Å². The largest absolute Gasteiger partial charge is 0.371 e. The van der Waals surface area contributed by atoms with Crippen molar-refractivity contribution in [2.45, 2.75) is 26.1 Å². The second kappa shape index (κ2) is 6.14. The molecule has 1 atom stereocenters. The third kappa shape index (κ3) is 2.76. The summed E-state index contributed by atoms with van der Waals surface area (Å²) in [5.41, 5.74) is 4.84. The van der Waals surface area contributed by atoms with Gasteiger partial charge in [0.1, 0.15) is 12.4 Å². The zero-order valence-corrected chi connectivity index (χ0v) is 13.3. The Balaban J connectivity index is 1.55. The minimum absolute atomic E-state index is 0.286. The van der Waals surface area contributed by atoms with Crippen molar-refractivity contribution in [3.8, 4) is 0 Å². The van der Waals surface area contributed by atoms with Crippen molar-refractivity contribution >= 4 is 11.0 Å². The second-order valence-electron chi connectivity index (χ2n) is 6.13. The van der Waals surface area contributed by atoms with Crippen LogP contribution in [0.3, 0.4) is 0 Å². The molecule has 0 amide bonds. The van der Waals surface area contributed by atoms with E-state index in [4.69, 9.17) is 9.72 Å². The molecule has 1 unspecified atom stereocenters. The Morgan fingerprint density at radius 2 is 2.04 bits per heavy atom. The van der Waals surface area contributed by atoms with Crippen LogP contribution in [0.2, 0.25) is 0 Å². The summed E-state index contributed by atoms with van der Waals surface area (Å²) in [6.45, 7) is 5.20.